The molecule has 0 bridgehead atoms. The van der Waals surface area contributed by atoms with Crippen molar-refractivity contribution in [2.45, 2.75) is 84.7 Å². The lowest BCUT2D eigenvalue weighted by Crippen LogP contribution is -2.47. The van der Waals surface area contributed by atoms with E-state index in [2.05, 4.69) is 20.6 Å². The van der Waals surface area contributed by atoms with Crippen LogP contribution in [0.5, 0.6) is 0 Å². The maximum absolute atomic E-state index is 12.7. The molecule has 0 radical (unpaired) electrons. The second-order valence-electron chi connectivity index (χ2n) is 11.1. The molecule has 3 heterocycles. The van der Waals surface area contributed by atoms with E-state index in [1.54, 1.807) is 45.0 Å². The highest BCUT2D eigenvalue weighted by Gasteiger charge is 2.52. The summed E-state index contributed by atoms with van der Waals surface area (Å²) in [5.41, 5.74) is -0.670. The van der Waals surface area contributed by atoms with Crippen LogP contribution >= 0.6 is 0 Å². The molecular formula is C23H38BN5O5. The van der Waals surface area contributed by atoms with E-state index in [9.17, 15) is 9.59 Å². The fraction of sp³-hybridized carbons (Fsp3) is 0.739. The average molecular weight is 475 g/mol. The Hall–Kier alpha value is -2.40. The number of nitrogens with one attached hydrogen (secondary N) is 2. The highest BCUT2D eigenvalue weighted by Crippen LogP contribution is 2.36. The zero-order chi connectivity index (χ0) is 25.3. The molecule has 10 nitrogen and oxygen atoms in total. The predicted octanol–water partition coefficient (Wildman–Crippen LogP) is 1.95. The molecule has 0 spiro atoms. The number of ether oxygens (including phenoxy) is 1. The van der Waals surface area contributed by atoms with Crippen LogP contribution in [0.25, 0.3) is 0 Å². The molecule has 2 aliphatic rings. The molecule has 0 aliphatic carbocycles. The molecular weight excluding hydrogens is 437 g/mol. The molecule has 2 atom stereocenters. The first-order valence-corrected chi connectivity index (χ1v) is 11.9. The van der Waals surface area contributed by atoms with Crippen LogP contribution in [0.1, 0.15) is 61.8 Å². The molecule has 188 valence electrons. The molecule has 34 heavy (non-hydrogen) atoms. The Morgan fingerprint density at radius 2 is 1.79 bits per heavy atom. The highest BCUT2D eigenvalue weighted by molar-refractivity contribution is 6.61. The minimum atomic E-state index is -0.646. The summed E-state index contributed by atoms with van der Waals surface area (Å²) in [5.74, 6) is 0.672. The third kappa shape index (κ3) is 6.38. The highest BCUT2D eigenvalue weighted by atomic mass is 16.7. The van der Waals surface area contributed by atoms with Crippen molar-refractivity contribution in [2.75, 3.05) is 25.0 Å². The molecule has 2 saturated heterocycles. The van der Waals surface area contributed by atoms with Gasteiger partial charge in [0, 0.05) is 37.5 Å². The molecule has 2 amide bonds. The first kappa shape index (κ1) is 26.2. The molecule has 0 saturated carbocycles. The van der Waals surface area contributed by atoms with Crippen molar-refractivity contribution in [1.29, 1.82) is 0 Å². The van der Waals surface area contributed by atoms with Gasteiger partial charge in [0.1, 0.15) is 11.6 Å². The summed E-state index contributed by atoms with van der Waals surface area (Å²) in [7, 11) is -0.496. The van der Waals surface area contributed by atoms with Crippen LogP contribution in [0.15, 0.2) is 12.4 Å². The number of carbonyl (C=O) groups excluding carboxylic acids is 2. The van der Waals surface area contributed by atoms with E-state index in [4.69, 9.17) is 14.0 Å². The van der Waals surface area contributed by atoms with Crippen molar-refractivity contribution in [2.24, 2.45) is 5.92 Å². The van der Waals surface area contributed by atoms with E-state index in [0.717, 1.165) is 11.9 Å². The van der Waals surface area contributed by atoms with Crippen LogP contribution in [0.4, 0.5) is 10.7 Å². The molecule has 3 rings (SSSR count). The van der Waals surface area contributed by atoms with Crippen molar-refractivity contribution in [3.05, 3.63) is 12.4 Å². The van der Waals surface area contributed by atoms with Gasteiger partial charge in [0.05, 0.1) is 11.2 Å². The van der Waals surface area contributed by atoms with Crippen LogP contribution in [0.2, 0.25) is 0 Å². The number of alkyl carbamates (subject to hydrolysis) is 1. The second-order valence-corrected chi connectivity index (χ2v) is 11.1. The fourth-order valence-electron chi connectivity index (χ4n) is 3.79. The van der Waals surface area contributed by atoms with Crippen molar-refractivity contribution >= 4 is 30.5 Å². The fourth-order valence-corrected chi connectivity index (χ4v) is 3.79. The van der Waals surface area contributed by atoms with Gasteiger partial charge in [-0.25, -0.2) is 14.8 Å². The summed E-state index contributed by atoms with van der Waals surface area (Å²) in [6.07, 6.45) is 3.70. The molecule has 11 heteroatoms. The van der Waals surface area contributed by atoms with Gasteiger partial charge in [-0.15, -0.1) is 0 Å². The lowest BCUT2D eigenvalue weighted by atomic mass is 9.81. The monoisotopic (exact) mass is 475 g/mol. The van der Waals surface area contributed by atoms with Gasteiger partial charge in [0.25, 0.3) is 0 Å². The number of amides is 2. The second kappa shape index (κ2) is 9.69. The predicted molar refractivity (Wildman–Crippen MR) is 130 cm³/mol. The number of likely N-dealkylation sites (tertiary alicyclic amines) is 1. The van der Waals surface area contributed by atoms with Gasteiger partial charge >= 0.3 is 13.2 Å². The first-order valence-electron chi connectivity index (χ1n) is 11.9. The SMILES string of the molecule is C[C@H](NC(=O)OC(C)(C)C)C(=O)N1CC[C@@H](CNc2ncc(B3OC(C)(C)C(C)(C)O3)cn2)C1. The largest absolute Gasteiger partial charge is 0.498 e. The smallest absolute Gasteiger partial charge is 0.444 e. The summed E-state index contributed by atoms with van der Waals surface area (Å²) in [6.45, 7) is 17.0. The quantitative estimate of drug-likeness (QED) is 0.600. The lowest BCUT2D eigenvalue weighted by molar-refractivity contribution is -0.132. The third-order valence-corrected chi connectivity index (χ3v) is 6.45. The van der Waals surface area contributed by atoms with E-state index in [1.807, 2.05) is 27.7 Å². The molecule has 1 aromatic rings. The van der Waals surface area contributed by atoms with Crippen molar-refractivity contribution < 1.29 is 23.6 Å². The molecule has 1 aromatic heterocycles. The van der Waals surface area contributed by atoms with Gasteiger partial charge in [-0.2, -0.15) is 0 Å². The summed E-state index contributed by atoms with van der Waals surface area (Å²) >= 11 is 0. The zero-order valence-electron chi connectivity index (χ0n) is 21.6. The van der Waals surface area contributed by atoms with Crippen LogP contribution < -0.4 is 16.1 Å². The van der Waals surface area contributed by atoms with Crippen LogP contribution in [0, 0.1) is 5.92 Å². The van der Waals surface area contributed by atoms with Crippen molar-refractivity contribution in [1.82, 2.24) is 20.2 Å². The Morgan fingerprint density at radius 1 is 1.21 bits per heavy atom. The number of hydrogen-bond acceptors (Lipinski definition) is 8. The number of anilines is 1. The van der Waals surface area contributed by atoms with Crippen LogP contribution in [0.3, 0.4) is 0 Å². The van der Waals surface area contributed by atoms with E-state index in [0.29, 0.717) is 25.6 Å². The average Bonchev–Trinajstić information content (AvgIpc) is 3.26. The maximum Gasteiger partial charge on any atom is 0.498 e. The zero-order valence-corrected chi connectivity index (χ0v) is 21.6. The van der Waals surface area contributed by atoms with E-state index in [1.165, 1.54) is 0 Å². The van der Waals surface area contributed by atoms with Crippen LogP contribution in [-0.4, -0.2) is 76.5 Å². The van der Waals surface area contributed by atoms with Gasteiger partial charge in [0.15, 0.2) is 0 Å². The number of hydrogen-bond donors (Lipinski definition) is 2. The Balaban J connectivity index is 1.45. The molecule has 2 fully saturated rings. The van der Waals surface area contributed by atoms with Gasteiger partial charge in [0.2, 0.25) is 11.9 Å². The van der Waals surface area contributed by atoms with Crippen LogP contribution in [-0.2, 0) is 18.8 Å². The van der Waals surface area contributed by atoms with Crippen molar-refractivity contribution in [3.63, 3.8) is 0 Å². The number of carbonyl (C=O) groups is 2. The van der Waals surface area contributed by atoms with Crippen molar-refractivity contribution in [3.8, 4) is 0 Å². The topological polar surface area (TPSA) is 115 Å². The Morgan fingerprint density at radius 3 is 2.35 bits per heavy atom. The van der Waals surface area contributed by atoms with E-state index in [-0.39, 0.29) is 11.8 Å². The minimum absolute atomic E-state index is 0.114. The number of nitrogens with zero attached hydrogens (tertiary/aromatic N) is 3. The van der Waals surface area contributed by atoms with Gasteiger partial charge in [-0.05, 0) is 67.7 Å². The van der Waals surface area contributed by atoms with E-state index >= 15 is 0 Å². The van der Waals surface area contributed by atoms with Gasteiger partial charge in [-0.1, -0.05) is 0 Å². The Bertz CT molecular complexity index is 871. The normalized spacial score (nSPS) is 22.4. The first-order chi connectivity index (χ1) is 15.7. The number of aromatic nitrogens is 2. The standard InChI is InChI=1S/C23H38BN5O5/c1-15(28-20(31)32-21(2,3)4)18(30)29-10-9-16(14-29)11-25-19-26-12-17(13-27-19)24-33-22(5,6)23(7,8)34-24/h12-13,15-16H,9-11,14H2,1-8H3,(H,28,31)(H,25,26,27)/t15-,16-/m0/s1. The molecule has 2 N–H and O–H groups in total. The number of rotatable bonds is 6. The summed E-state index contributed by atoms with van der Waals surface area (Å²) in [4.78, 5) is 35.2. The molecule has 0 unspecified atom stereocenters. The Labute approximate surface area is 202 Å². The summed E-state index contributed by atoms with van der Waals surface area (Å²) in [5, 5.41) is 5.87. The minimum Gasteiger partial charge on any atom is -0.444 e. The molecule has 2 aliphatic heterocycles. The van der Waals surface area contributed by atoms with E-state index < -0.39 is 36.1 Å². The van der Waals surface area contributed by atoms with Gasteiger partial charge < -0.3 is 29.6 Å². The lowest BCUT2D eigenvalue weighted by Gasteiger charge is -2.32. The summed E-state index contributed by atoms with van der Waals surface area (Å²) in [6, 6.07) is -0.646. The Kier molecular flexibility index (Phi) is 7.47. The molecule has 0 aromatic carbocycles. The summed E-state index contributed by atoms with van der Waals surface area (Å²) < 4.78 is 17.3. The van der Waals surface area contributed by atoms with Gasteiger partial charge in [-0.3, -0.25) is 4.79 Å². The third-order valence-electron chi connectivity index (χ3n) is 6.45. The maximum atomic E-state index is 12.7.